The largest absolute Gasteiger partial charge is 0.497 e. The molecule has 1 aliphatic rings. The maximum atomic E-state index is 6.21. The minimum Gasteiger partial charge on any atom is -0.497 e. The maximum Gasteiger partial charge on any atom is 0.191 e. The molecule has 5 heteroatoms. The van der Waals surface area contributed by atoms with E-state index in [0.29, 0.717) is 12.5 Å². The highest BCUT2D eigenvalue weighted by molar-refractivity contribution is 14.0. The molecule has 23 heavy (non-hydrogen) atoms. The molecular weight excluding hydrogens is 401 g/mol. The summed E-state index contributed by atoms with van der Waals surface area (Å²) in [5.74, 6) is 1.58. The predicted molar refractivity (Wildman–Crippen MR) is 108 cm³/mol. The molecular formula is C18H30IN3O. The van der Waals surface area contributed by atoms with E-state index in [-0.39, 0.29) is 29.4 Å². The van der Waals surface area contributed by atoms with Gasteiger partial charge in [-0.2, -0.15) is 0 Å². The van der Waals surface area contributed by atoms with Crippen LogP contribution in [0.3, 0.4) is 0 Å². The molecule has 0 aromatic heterocycles. The fourth-order valence-electron chi connectivity index (χ4n) is 2.81. The third-order valence-corrected chi connectivity index (χ3v) is 4.42. The van der Waals surface area contributed by atoms with Gasteiger partial charge < -0.3 is 15.4 Å². The van der Waals surface area contributed by atoms with Crippen LogP contribution in [0.5, 0.6) is 5.75 Å². The van der Waals surface area contributed by atoms with E-state index in [1.807, 2.05) is 12.1 Å². The molecule has 1 aromatic rings. The second-order valence-corrected chi connectivity index (χ2v) is 6.69. The molecule has 1 saturated heterocycles. The van der Waals surface area contributed by atoms with E-state index in [1.54, 1.807) is 7.11 Å². The van der Waals surface area contributed by atoms with Gasteiger partial charge in [-0.1, -0.05) is 38.8 Å². The van der Waals surface area contributed by atoms with Gasteiger partial charge in [0.1, 0.15) is 5.75 Å². The number of nitrogens with two attached hydrogens (primary N) is 1. The number of ether oxygens (including phenoxy) is 1. The monoisotopic (exact) mass is 431 g/mol. The molecule has 0 atom stereocenters. The quantitative estimate of drug-likeness (QED) is 0.449. The van der Waals surface area contributed by atoms with Gasteiger partial charge in [-0.3, -0.25) is 4.99 Å². The summed E-state index contributed by atoms with van der Waals surface area (Å²) in [6.07, 6.45) is 5.04. The summed E-state index contributed by atoms with van der Waals surface area (Å²) in [5, 5.41) is 0. The first-order valence-corrected chi connectivity index (χ1v) is 8.22. The van der Waals surface area contributed by atoms with Gasteiger partial charge in [0.05, 0.1) is 13.7 Å². The van der Waals surface area contributed by atoms with Gasteiger partial charge >= 0.3 is 0 Å². The second-order valence-electron chi connectivity index (χ2n) is 6.69. The van der Waals surface area contributed by atoms with Gasteiger partial charge in [-0.25, -0.2) is 0 Å². The fraction of sp³-hybridized carbons (Fsp3) is 0.611. The standard InChI is InChI=1S/C18H29N3O.HI/c1-18(2,15-9-8-10-16(13-15)22-3)14-20-17(19)21-11-6-4-5-7-12-21;/h8-10,13H,4-7,11-12,14H2,1-3H3,(H2,19,20);1H. The van der Waals surface area contributed by atoms with Gasteiger partial charge in [0.25, 0.3) is 0 Å². The number of rotatable bonds is 4. The first kappa shape index (κ1) is 20.1. The summed E-state index contributed by atoms with van der Waals surface area (Å²) in [6.45, 7) is 7.15. The lowest BCUT2D eigenvalue weighted by Crippen LogP contribution is -2.39. The van der Waals surface area contributed by atoms with Gasteiger partial charge in [-0.05, 0) is 30.5 Å². The zero-order valence-electron chi connectivity index (χ0n) is 14.5. The first-order chi connectivity index (χ1) is 10.5. The van der Waals surface area contributed by atoms with Crippen LogP contribution in [0.25, 0.3) is 0 Å². The summed E-state index contributed by atoms with van der Waals surface area (Å²) >= 11 is 0. The Kier molecular flexibility index (Phi) is 8.16. The number of likely N-dealkylation sites (tertiary alicyclic amines) is 1. The molecule has 2 N–H and O–H groups in total. The zero-order valence-corrected chi connectivity index (χ0v) is 16.9. The van der Waals surface area contributed by atoms with E-state index in [4.69, 9.17) is 10.5 Å². The highest BCUT2D eigenvalue weighted by Gasteiger charge is 2.21. The number of hydrogen-bond acceptors (Lipinski definition) is 2. The van der Waals surface area contributed by atoms with E-state index < -0.39 is 0 Å². The van der Waals surface area contributed by atoms with Crippen molar-refractivity contribution in [1.82, 2.24) is 4.90 Å². The Labute approximate surface area is 157 Å². The molecule has 1 aromatic carbocycles. The Hall–Kier alpha value is -0.980. The Bertz CT molecular complexity index is 509. The third-order valence-electron chi connectivity index (χ3n) is 4.42. The van der Waals surface area contributed by atoms with Gasteiger partial charge in [0.15, 0.2) is 5.96 Å². The van der Waals surface area contributed by atoms with Crippen molar-refractivity contribution in [2.45, 2.75) is 44.9 Å². The second kappa shape index (κ2) is 9.35. The Morgan fingerprint density at radius 1 is 1.22 bits per heavy atom. The minimum atomic E-state index is -0.0645. The minimum absolute atomic E-state index is 0. The SMILES string of the molecule is COc1cccc(C(C)(C)CN=C(N)N2CCCCCC2)c1.I. The smallest absolute Gasteiger partial charge is 0.191 e. The average Bonchev–Trinajstić information content (AvgIpc) is 2.82. The molecule has 0 saturated carbocycles. The summed E-state index contributed by atoms with van der Waals surface area (Å²) in [5.41, 5.74) is 7.37. The van der Waals surface area contributed by atoms with Crippen LogP contribution in [0, 0.1) is 0 Å². The highest BCUT2D eigenvalue weighted by atomic mass is 127. The van der Waals surface area contributed by atoms with E-state index in [9.17, 15) is 0 Å². The Morgan fingerprint density at radius 2 is 1.87 bits per heavy atom. The maximum absolute atomic E-state index is 6.21. The van der Waals surface area contributed by atoms with E-state index in [1.165, 1.54) is 31.2 Å². The molecule has 0 amide bonds. The van der Waals surface area contributed by atoms with Crippen molar-refractivity contribution in [3.8, 4) is 5.75 Å². The summed E-state index contributed by atoms with van der Waals surface area (Å²) in [6, 6.07) is 8.20. The Balaban J connectivity index is 0.00000264. The van der Waals surface area contributed by atoms with Crippen LogP contribution >= 0.6 is 24.0 Å². The molecule has 0 bridgehead atoms. The van der Waals surface area contributed by atoms with Crippen molar-refractivity contribution in [1.29, 1.82) is 0 Å². The summed E-state index contributed by atoms with van der Waals surface area (Å²) in [7, 11) is 1.70. The van der Waals surface area contributed by atoms with Crippen LogP contribution in [0.15, 0.2) is 29.3 Å². The van der Waals surface area contributed by atoms with Crippen LogP contribution in [-0.4, -0.2) is 37.6 Å². The van der Waals surface area contributed by atoms with Crippen molar-refractivity contribution in [2.75, 3.05) is 26.7 Å². The molecule has 0 spiro atoms. The molecule has 1 heterocycles. The zero-order chi connectivity index (χ0) is 16.0. The molecule has 0 radical (unpaired) electrons. The Morgan fingerprint density at radius 3 is 2.48 bits per heavy atom. The lowest BCUT2D eigenvalue weighted by Gasteiger charge is -2.26. The molecule has 4 nitrogen and oxygen atoms in total. The van der Waals surface area contributed by atoms with Crippen molar-refractivity contribution in [2.24, 2.45) is 10.7 Å². The normalized spacial score (nSPS) is 16.5. The molecule has 130 valence electrons. The first-order valence-electron chi connectivity index (χ1n) is 8.22. The molecule has 0 aliphatic carbocycles. The van der Waals surface area contributed by atoms with E-state index >= 15 is 0 Å². The number of guanidine groups is 1. The van der Waals surface area contributed by atoms with Gasteiger partial charge in [0.2, 0.25) is 0 Å². The van der Waals surface area contributed by atoms with Crippen molar-refractivity contribution in [3.63, 3.8) is 0 Å². The van der Waals surface area contributed by atoms with Crippen LogP contribution in [0.2, 0.25) is 0 Å². The summed E-state index contributed by atoms with van der Waals surface area (Å²) in [4.78, 5) is 6.90. The molecule has 1 fully saturated rings. The van der Waals surface area contributed by atoms with E-state index in [2.05, 4.69) is 35.9 Å². The molecule has 2 rings (SSSR count). The van der Waals surface area contributed by atoms with Gasteiger partial charge in [-0.15, -0.1) is 24.0 Å². The van der Waals surface area contributed by atoms with Crippen LogP contribution < -0.4 is 10.5 Å². The number of halogens is 1. The molecule has 1 aliphatic heterocycles. The number of nitrogens with zero attached hydrogens (tertiary/aromatic N) is 2. The number of hydrogen-bond donors (Lipinski definition) is 1. The predicted octanol–water partition coefficient (Wildman–Crippen LogP) is 3.78. The highest BCUT2D eigenvalue weighted by Crippen LogP contribution is 2.26. The number of benzene rings is 1. The number of methoxy groups -OCH3 is 1. The lowest BCUT2D eigenvalue weighted by molar-refractivity contribution is 0.411. The summed E-state index contributed by atoms with van der Waals surface area (Å²) < 4.78 is 5.32. The van der Waals surface area contributed by atoms with Crippen LogP contribution in [-0.2, 0) is 5.41 Å². The topological polar surface area (TPSA) is 50.9 Å². The third kappa shape index (κ3) is 5.86. The van der Waals surface area contributed by atoms with Crippen molar-refractivity contribution in [3.05, 3.63) is 29.8 Å². The van der Waals surface area contributed by atoms with Crippen molar-refractivity contribution >= 4 is 29.9 Å². The van der Waals surface area contributed by atoms with Gasteiger partial charge in [0, 0.05) is 18.5 Å². The van der Waals surface area contributed by atoms with E-state index in [0.717, 1.165) is 18.8 Å². The number of aliphatic imine (C=N–C) groups is 1. The van der Waals surface area contributed by atoms with Crippen LogP contribution in [0.4, 0.5) is 0 Å². The van der Waals surface area contributed by atoms with Crippen molar-refractivity contribution < 1.29 is 4.74 Å². The average molecular weight is 431 g/mol. The van der Waals surface area contributed by atoms with Crippen LogP contribution in [0.1, 0.15) is 45.1 Å². The lowest BCUT2D eigenvalue weighted by atomic mass is 9.85. The molecule has 0 unspecified atom stereocenters. The fourth-order valence-corrected chi connectivity index (χ4v) is 2.81.